The van der Waals surface area contributed by atoms with Gasteiger partial charge in [-0.2, -0.15) is 0 Å². The van der Waals surface area contributed by atoms with Crippen LogP contribution in [0.3, 0.4) is 0 Å². The number of hydrogen-bond acceptors (Lipinski definition) is 4. The maximum absolute atomic E-state index is 10.9. The molecule has 1 unspecified atom stereocenters. The lowest BCUT2D eigenvalue weighted by Gasteiger charge is -2.07. The average molecular weight is 288 g/mol. The van der Waals surface area contributed by atoms with Crippen LogP contribution in [0.1, 0.15) is 24.0 Å². The predicted octanol–water partition coefficient (Wildman–Crippen LogP) is 3.14. The molecule has 0 spiro atoms. The van der Waals surface area contributed by atoms with Crippen LogP contribution < -0.4 is 5.73 Å². The van der Waals surface area contributed by atoms with Crippen molar-refractivity contribution in [2.75, 3.05) is 5.73 Å². The summed E-state index contributed by atoms with van der Waals surface area (Å²) in [5.74, 6) is -0.493. The molecule has 0 aliphatic heterocycles. The van der Waals surface area contributed by atoms with Gasteiger partial charge in [-0.25, -0.2) is 4.98 Å². The molecule has 3 N–H and O–H groups in total. The van der Waals surface area contributed by atoms with Gasteiger partial charge in [-0.1, -0.05) is 24.3 Å². The van der Waals surface area contributed by atoms with E-state index in [2.05, 4.69) is 4.98 Å². The Bertz CT molecular complexity index is 582. The molecule has 20 heavy (non-hydrogen) atoms. The lowest BCUT2D eigenvalue weighted by atomic mass is 10.0. The third-order valence-electron chi connectivity index (χ3n) is 3.00. The van der Waals surface area contributed by atoms with Gasteiger partial charge in [0.25, 0.3) is 0 Å². The number of nitrogen functional groups attached to an aromatic ring is 1. The topological polar surface area (TPSA) is 76.2 Å². The summed E-state index contributed by atoms with van der Waals surface area (Å²) in [6, 6.07) is 11.4. The molecule has 1 heterocycles. The Morgan fingerprint density at radius 2 is 2.00 bits per heavy atom. The third-order valence-corrected chi connectivity index (χ3v) is 4.01. The van der Waals surface area contributed by atoms with E-state index < -0.39 is 11.9 Å². The minimum absolute atomic E-state index is 0.476. The summed E-state index contributed by atoms with van der Waals surface area (Å²) in [6.07, 6.45) is 1.64. The third kappa shape index (κ3) is 3.74. The minimum Gasteiger partial charge on any atom is -0.481 e. The molecular formula is C15H16N2O2S. The molecule has 0 aliphatic carbocycles. The number of aliphatic carboxylic acids is 1. The van der Waals surface area contributed by atoms with Crippen molar-refractivity contribution >= 4 is 23.4 Å². The van der Waals surface area contributed by atoms with Gasteiger partial charge in [0.1, 0.15) is 0 Å². The summed E-state index contributed by atoms with van der Waals surface area (Å²) >= 11 is 1.62. The second-order valence-corrected chi connectivity index (χ2v) is 5.52. The zero-order valence-corrected chi connectivity index (χ0v) is 11.9. The molecule has 2 rings (SSSR count). The molecular weight excluding hydrogens is 272 g/mol. The van der Waals surface area contributed by atoms with E-state index in [-0.39, 0.29) is 0 Å². The molecule has 1 aromatic heterocycles. The fraction of sp³-hybridized carbons (Fsp3) is 0.200. The number of thioether (sulfide) groups is 1. The smallest absolute Gasteiger partial charge is 0.310 e. The van der Waals surface area contributed by atoms with Gasteiger partial charge in [0, 0.05) is 5.75 Å². The molecule has 0 saturated carbocycles. The van der Waals surface area contributed by atoms with Crippen LogP contribution in [0.15, 0.2) is 47.6 Å². The van der Waals surface area contributed by atoms with Crippen LogP contribution in [0, 0.1) is 0 Å². The van der Waals surface area contributed by atoms with Gasteiger partial charge >= 0.3 is 5.97 Å². The molecule has 4 nitrogen and oxygen atoms in total. The normalized spacial score (nSPS) is 12.1. The SMILES string of the molecule is CC(C(=O)O)c1ccc(CSc2ccc(N)cn2)cc1. The van der Waals surface area contributed by atoms with Crippen LogP contribution in [0.2, 0.25) is 0 Å². The Morgan fingerprint density at radius 1 is 1.30 bits per heavy atom. The largest absolute Gasteiger partial charge is 0.481 e. The Labute approximate surface area is 122 Å². The summed E-state index contributed by atoms with van der Waals surface area (Å²) < 4.78 is 0. The molecule has 104 valence electrons. The van der Waals surface area contributed by atoms with Crippen LogP contribution in [0.5, 0.6) is 0 Å². The Morgan fingerprint density at radius 3 is 2.55 bits per heavy atom. The molecule has 0 fully saturated rings. The van der Waals surface area contributed by atoms with Gasteiger partial charge in [0.2, 0.25) is 0 Å². The fourth-order valence-electron chi connectivity index (χ4n) is 1.68. The van der Waals surface area contributed by atoms with Crippen molar-refractivity contribution in [3.8, 4) is 0 Å². The number of nitrogens with two attached hydrogens (primary N) is 1. The van der Waals surface area contributed by atoms with E-state index in [0.29, 0.717) is 5.69 Å². The summed E-state index contributed by atoms with van der Waals surface area (Å²) in [5.41, 5.74) is 8.19. The molecule has 5 heteroatoms. The first kappa shape index (κ1) is 14.4. The quantitative estimate of drug-likeness (QED) is 0.827. The van der Waals surface area contributed by atoms with Crippen molar-refractivity contribution < 1.29 is 9.90 Å². The summed E-state index contributed by atoms with van der Waals surface area (Å²) in [6.45, 7) is 1.68. The molecule has 0 radical (unpaired) electrons. The van der Waals surface area contributed by atoms with Crippen molar-refractivity contribution in [2.45, 2.75) is 23.6 Å². The molecule has 0 saturated heterocycles. The average Bonchev–Trinajstić information content (AvgIpc) is 2.46. The lowest BCUT2D eigenvalue weighted by molar-refractivity contribution is -0.138. The Kier molecular flexibility index (Phi) is 4.63. The zero-order chi connectivity index (χ0) is 14.5. The molecule has 0 bridgehead atoms. The van der Waals surface area contributed by atoms with Crippen molar-refractivity contribution in [2.24, 2.45) is 0 Å². The highest BCUT2D eigenvalue weighted by atomic mass is 32.2. The van der Waals surface area contributed by atoms with Gasteiger partial charge < -0.3 is 10.8 Å². The van der Waals surface area contributed by atoms with Gasteiger partial charge in [0.15, 0.2) is 0 Å². The number of rotatable bonds is 5. The zero-order valence-electron chi connectivity index (χ0n) is 11.1. The van der Waals surface area contributed by atoms with Gasteiger partial charge in [-0.15, -0.1) is 11.8 Å². The fourth-order valence-corrected chi connectivity index (χ4v) is 2.48. The highest BCUT2D eigenvalue weighted by Crippen LogP contribution is 2.23. The monoisotopic (exact) mass is 288 g/mol. The number of hydrogen-bond donors (Lipinski definition) is 2. The first-order chi connectivity index (χ1) is 9.56. The van der Waals surface area contributed by atoms with Crippen LogP contribution >= 0.6 is 11.8 Å². The minimum atomic E-state index is -0.807. The number of carboxylic acid groups (broad SMARTS) is 1. The van der Waals surface area contributed by atoms with E-state index in [9.17, 15) is 4.79 Å². The highest BCUT2D eigenvalue weighted by Gasteiger charge is 2.12. The molecule has 2 aromatic rings. The first-order valence-corrected chi connectivity index (χ1v) is 7.21. The number of benzene rings is 1. The highest BCUT2D eigenvalue weighted by molar-refractivity contribution is 7.98. The second-order valence-electron chi connectivity index (χ2n) is 4.52. The summed E-state index contributed by atoms with van der Waals surface area (Å²) in [7, 11) is 0. The standard InChI is InChI=1S/C15H16N2O2S/c1-10(15(18)19)12-4-2-11(3-5-12)9-20-14-7-6-13(16)8-17-14/h2-8,10H,9,16H2,1H3,(H,18,19). The molecule has 1 aromatic carbocycles. The molecule has 0 aliphatic rings. The number of carboxylic acids is 1. The van der Waals surface area contributed by atoms with Gasteiger partial charge in [0.05, 0.1) is 22.8 Å². The number of nitrogens with zero attached hydrogens (tertiary/aromatic N) is 1. The van der Waals surface area contributed by atoms with Crippen LogP contribution in [-0.4, -0.2) is 16.1 Å². The summed E-state index contributed by atoms with van der Waals surface area (Å²) in [5, 5.41) is 9.88. The molecule has 1 atom stereocenters. The summed E-state index contributed by atoms with van der Waals surface area (Å²) in [4.78, 5) is 15.1. The van der Waals surface area contributed by atoms with Crippen LogP contribution in [-0.2, 0) is 10.5 Å². The van der Waals surface area contributed by atoms with Crippen molar-refractivity contribution in [1.29, 1.82) is 0 Å². The predicted molar refractivity (Wildman–Crippen MR) is 80.7 cm³/mol. The number of pyridine rings is 1. The first-order valence-electron chi connectivity index (χ1n) is 6.22. The maximum Gasteiger partial charge on any atom is 0.310 e. The number of carbonyl (C=O) groups is 1. The van der Waals surface area contributed by atoms with Crippen LogP contribution in [0.25, 0.3) is 0 Å². The van der Waals surface area contributed by atoms with E-state index in [1.165, 1.54) is 0 Å². The van der Waals surface area contributed by atoms with Crippen molar-refractivity contribution in [3.05, 3.63) is 53.7 Å². The number of aromatic nitrogens is 1. The maximum atomic E-state index is 10.9. The molecule has 0 amide bonds. The van der Waals surface area contributed by atoms with Gasteiger partial charge in [-0.05, 0) is 30.2 Å². The van der Waals surface area contributed by atoms with E-state index in [1.54, 1.807) is 24.9 Å². The second kappa shape index (κ2) is 6.43. The van der Waals surface area contributed by atoms with E-state index in [1.807, 2.05) is 36.4 Å². The van der Waals surface area contributed by atoms with E-state index in [4.69, 9.17) is 10.8 Å². The van der Waals surface area contributed by atoms with Crippen LogP contribution in [0.4, 0.5) is 5.69 Å². The van der Waals surface area contributed by atoms with Crippen molar-refractivity contribution in [3.63, 3.8) is 0 Å². The Balaban J connectivity index is 1.97. The van der Waals surface area contributed by atoms with Gasteiger partial charge in [-0.3, -0.25) is 4.79 Å². The van der Waals surface area contributed by atoms with E-state index >= 15 is 0 Å². The van der Waals surface area contributed by atoms with Crippen molar-refractivity contribution in [1.82, 2.24) is 4.98 Å². The Hall–Kier alpha value is -2.01. The number of anilines is 1. The lowest BCUT2D eigenvalue weighted by Crippen LogP contribution is -2.07. The van der Waals surface area contributed by atoms with E-state index in [0.717, 1.165) is 21.9 Å².